The van der Waals surface area contributed by atoms with Gasteiger partial charge in [-0.05, 0) is 45.0 Å². The van der Waals surface area contributed by atoms with E-state index in [0.717, 1.165) is 0 Å². The molecule has 0 aliphatic heterocycles. The molecule has 3 N–H and O–H groups in total. The Morgan fingerprint density at radius 1 is 1.22 bits per heavy atom. The van der Waals surface area contributed by atoms with Gasteiger partial charge in [0.25, 0.3) is 0 Å². The number of nitrogen functional groups attached to an aromatic ring is 1. The van der Waals surface area contributed by atoms with Crippen molar-refractivity contribution in [2.75, 3.05) is 11.4 Å². The number of hydrogen-bond acceptors (Lipinski definition) is 3. The Hall–Kier alpha value is -1.56. The molecule has 0 spiro atoms. The van der Waals surface area contributed by atoms with Gasteiger partial charge in [0, 0.05) is 12.6 Å². The van der Waals surface area contributed by atoms with E-state index in [2.05, 4.69) is 0 Å². The highest BCUT2D eigenvalue weighted by molar-refractivity contribution is 7.94. The second-order valence-electron chi connectivity index (χ2n) is 5.05. The maximum Gasteiger partial charge on any atom is 0.239 e. The van der Waals surface area contributed by atoms with Gasteiger partial charge < -0.3 is 5.73 Å². The van der Waals surface area contributed by atoms with Crippen LogP contribution in [0, 0.1) is 5.41 Å². The minimum absolute atomic E-state index is 0.0390. The zero-order valence-corrected chi connectivity index (χ0v) is 11.9. The van der Waals surface area contributed by atoms with Crippen LogP contribution in [0.4, 0.5) is 5.69 Å². The molecule has 0 unspecified atom stereocenters. The number of anilines is 1. The third kappa shape index (κ3) is 2.64. The van der Waals surface area contributed by atoms with Crippen molar-refractivity contribution < 1.29 is 8.42 Å². The van der Waals surface area contributed by atoms with E-state index in [4.69, 9.17) is 11.1 Å². The molecular weight excluding hydrogens is 250 g/mol. The van der Waals surface area contributed by atoms with E-state index in [-0.39, 0.29) is 5.84 Å². The van der Waals surface area contributed by atoms with Crippen LogP contribution in [-0.2, 0) is 10.0 Å². The molecule has 1 aromatic rings. The molecule has 0 atom stereocenters. The second-order valence-corrected chi connectivity index (χ2v) is 7.77. The summed E-state index contributed by atoms with van der Waals surface area (Å²) in [6.07, 6.45) is 0. The number of sulfonamides is 1. The average Bonchev–Trinajstić information content (AvgIpc) is 2.26. The summed E-state index contributed by atoms with van der Waals surface area (Å²) in [5.74, 6) is -0.0390. The second kappa shape index (κ2) is 4.61. The Labute approximate surface area is 108 Å². The van der Waals surface area contributed by atoms with Crippen LogP contribution in [0.5, 0.6) is 0 Å². The van der Waals surface area contributed by atoms with Gasteiger partial charge >= 0.3 is 0 Å². The predicted molar refractivity (Wildman–Crippen MR) is 74.5 cm³/mol. The highest BCUT2D eigenvalue weighted by Crippen LogP contribution is 2.25. The van der Waals surface area contributed by atoms with Crippen molar-refractivity contribution in [2.24, 2.45) is 5.73 Å². The van der Waals surface area contributed by atoms with Crippen LogP contribution < -0.4 is 10.0 Å². The fraction of sp³-hybridized carbons (Fsp3) is 0.417. The Kier molecular flexibility index (Phi) is 3.71. The first-order chi connectivity index (χ1) is 8.07. The van der Waals surface area contributed by atoms with Gasteiger partial charge in [-0.1, -0.05) is 0 Å². The largest absolute Gasteiger partial charge is 0.384 e. The molecule has 0 heterocycles. The van der Waals surface area contributed by atoms with E-state index in [0.29, 0.717) is 11.3 Å². The van der Waals surface area contributed by atoms with Crippen LogP contribution in [0.1, 0.15) is 26.3 Å². The van der Waals surface area contributed by atoms with Gasteiger partial charge in [-0.3, -0.25) is 9.71 Å². The molecule has 0 amide bonds. The SMILES string of the molecule is CN(c1ccc(C(=N)N)cc1)S(=O)(=O)C(C)(C)C. The summed E-state index contributed by atoms with van der Waals surface area (Å²) in [6, 6.07) is 6.54. The van der Waals surface area contributed by atoms with Gasteiger partial charge in [-0.15, -0.1) is 0 Å². The molecule has 6 heteroatoms. The number of hydrogen-bond donors (Lipinski definition) is 2. The van der Waals surface area contributed by atoms with Gasteiger partial charge in [0.1, 0.15) is 5.84 Å². The molecule has 0 aromatic heterocycles. The predicted octanol–water partition coefficient (Wildman–Crippen LogP) is 1.54. The van der Waals surface area contributed by atoms with Crippen molar-refractivity contribution in [2.45, 2.75) is 25.5 Å². The van der Waals surface area contributed by atoms with Gasteiger partial charge in [0.15, 0.2) is 0 Å². The minimum atomic E-state index is -3.41. The van der Waals surface area contributed by atoms with Gasteiger partial charge in [0.2, 0.25) is 10.0 Å². The molecule has 1 rings (SSSR count). The number of nitrogens with two attached hydrogens (primary N) is 1. The fourth-order valence-electron chi connectivity index (χ4n) is 1.40. The molecule has 0 aliphatic rings. The lowest BCUT2D eigenvalue weighted by Crippen LogP contribution is -2.40. The summed E-state index contributed by atoms with van der Waals surface area (Å²) in [5.41, 5.74) is 6.47. The van der Waals surface area contributed by atoms with E-state index in [1.165, 1.54) is 11.4 Å². The van der Waals surface area contributed by atoms with Gasteiger partial charge in [0.05, 0.1) is 10.4 Å². The number of rotatable bonds is 3. The van der Waals surface area contributed by atoms with Crippen molar-refractivity contribution >= 4 is 21.5 Å². The van der Waals surface area contributed by atoms with E-state index in [9.17, 15) is 8.42 Å². The Morgan fingerprint density at radius 3 is 2.00 bits per heavy atom. The fourth-order valence-corrected chi connectivity index (χ4v) is 2.62. The van der Waals surface area contributed by atoms with Gasteiger partial charge in [-0.2, -0.15) is 0 Å². The molecular formula is C12H19N3O2S. The molecule has 100 valence electrons. The summed E-state index contributed by atoms with van der Waals surface area (Å²) in [6.45, 7) is 4.97. The average molecular weight is 269 g/mol. The molecule has 0 bridgehead atoms. The Balaban J connectivity index is 3.13. The van der Waals surface area contributed by atoms with Crippen LogP contribution >= 0.6 is 0 Å². The molecule has 0 fully saturated rings. The summed E-state index contributed by atoms with van der Waals surface area (Å²) in [7, 11) is -1.90. The van der Waals surface area contributed by atoms with Crippen LogP contribution in [0.25, 0.3) is 0 Å². The number of nitrogens with zero attached hydrogens (tertiary/aromatic N) is 1. The third-order valence-electron chi connectivity index (χ3n) is 2.68. The van der Waals surface area contributed by atoms with E-state index in [1.807, 2.05) is 0 Å². The zero-order valence-electron chi connectivity index (χ0n) is 11.1. The number of nitrogens with one attached hydrogen (secondary N) is 1. The quantitative estimate of drug-likeness (QED) is 0.644. The zero-order chi connectivity index (χ0) is 14.1. The number of amidine groups is 1. The highest BCUT2D eigenvalue weighted by Gasteiger charge is 2.33. The van der Waals surface area contributed by atoms with Crippen molar-refractivity contribution in [1.29, 1.82) is 5.41 Å². The van der Waals surface area contributed by atoms with E-state index in [1.54, 1.807) is 45.0 Å². The molecule has 1 aromatic carbocycles. The van der Waals surface area contributed by atoms with E-state index < -0.39 is 14.8 Å². The topological polar surface area (TPSA) is 87.2 Å². The standard InChI is InChI=1S/C12H19N3O2S/c1-12(2,3)18(16,17)15(4)10-7-5-9(6-8-10)11(13)14/h5-8H,1-4H3,(H3,13,14). The lowest BCUT2D eigenvalue weighted by Gasteiger charge is -2.28. The van der Waals surface area contributed by atoms with Crippen molar-refractivity contribution in [3.05, 3.63) is 29.8 Å². The van der Waals surface area contributed by atoms with E-state index >= 15 is 0 Å². The maximum atomic E-state index is 12.2. The lowest BCUT2D eigenvalue weighted by molar-refractivity contribution is 0.558. The smallest absolute Gasteiger partial charge is 0.239 e. The first-order valence-corrected chi connectivity index (χ1v) is 6.94. The summed E-state index contributed by atoms with van der Waals surface area (Å²) in [4.78, 5) is 0. The first kappa shape index (κ1) is 14.5. The van der Waals surface area contributed by atoms with Crippen molar-refractivity contribution in [3.8, 4) is 0 Å². The summed E-state index contributed by atoms with van der Waals surface area (Å²) < 4.78 is 24.8. The van der Waals surface area contributed by atoms with Gasteiger partial charge in [-0.25, -0.2) is 8.42 Å². The molecule has 0 saturated carbocycles. The van der Waals surface area contributed by atoms with Crippen LogP contribution in [-0.4, -0.2) is 26.0 Å². The monoisotopic (exact) mass is 269 g/mol. The Bertz CT molecular complexity index is 542. The van der Waals surface area contributed by atoms with Crippen LogP contribution in [0.3, 0.4) is 0 Å². The van der Waals surface area contributed by atoms with Crippen LogP contribution in [0.2, 0.25) is 0 Å². The highest BCUT2D eigenvalue weighted by atomic mass is 32.2. The molecule has 0 saturated heterocycles. The lowest BCUT2D eigenvalue weighted by atomic mass is 10.2. The van der Waals surface area contributed by atoms with Crippen molar-refractivity contribution in [3.63, 3.8) is 0 Å². The van der Waals surface area contributed by atoms with Crippen LogP contribution in [0.15, 0.2) is 24.3 Å². The molecule has 0 aliphatic carbocycles. The normalized spacial score (nSPS) is 12.2. The molecule has 5 nitrogen and oxygen atoms in total. The van der Waals surface area contributed by atoms with Crippen molar-refractivity contribution in [1.82, 2.24) is 0 Å². The number of benzene rings is 1. The molecule has 18 heavy (non-hydrogen) atoms. The maximum absolute atomic E-state index is 12.2. The first-order valence-electron chi connectivity index (χ1n) is 5.50. The third-order valence-corrected chi connectivity index (χ3v) is 5.16. The molecule has 0 radical (unpaired) electrons. The summed E-state index contributed by atoms with van der Waals surface area (Å²) >= 11 is 0. The summed E-state index contributed by atoms with van der Waals surface area (Å²) in [5, 5.41) is 7.28. The minimum Gasteiger partial charge on any atom is -0.384 e. The Morgan fingerprint density at radius 2 is 1.67 bits per heavy atom.